The summed E-state index contributed by atoms with van der Waals surface area (Å²) in [5.41, 5.74) is 3.34. The Kier molecular flexibility index (Phi) is 12.4. The van der Waals surface area contributed by atoms with Crippen molar-refractivity contribution < 1.29 is 9.59 Å². The van der Waals surface area contributed by atoms with Gasteiger partial charge in [-0.15, -0.1) is 0 Å². The molecule has 2 saturated heterocycles. The van der Waals surface area contributed by atoms with E-state index in [2.05, 4.69) is 41.1 Å². The van der Waals surface area contributed by atoms with Gasteiger partial charge >= 0.3 is 0 Å². The van der Waals surface area contributed by atoms with Crippen molar-refractivity contribution in [2.45, 2.75) is 37.8 Å². The second-order valence-corrected chi connectivity index (χ2v) is 11.8. The van der Waals surface area contributed by atoms with E-state index in [-0.39, 0.29) is 23.9 Å². The fourth-order valence-corrected chi connectivity index (χ4v) is 5.64. The topological polar surface area (TPSA) is 113 Å². The van der Waals surface area contributed by atoms with Crippen LogP contribution in [-0.2, 0) is 9.59 Å². The van der Waals surface area contributed by atoms with E-state index in [0.29, 0.717) is 11.9 Å². The standard InChI is InChI=1S/2C19H22N4O/c2*1-23-14-8-13-17(23)18(24)22-19(20-15-9-4-2-5-10-15)21-16-11-6-3-7-12-16/h2*2-7,9-12,17H,8,13-14H2,1H3,(H2,20,21,22,24)/t2*17-/m00/s1. The van der Waals surface area contributed by atoms with Gasteiger partial charge < -0.3 is 10.6 Å². The molecule has 2 heterocycles. The van der Waals surface area contributed by atoms with Crippen LogP contribution in [-0.4, -0.2) is 72.8 Å². The second-order valence-electron chi connectivity index (χ2n) is 11.8. The molecule has 0 spiro atoms. The molecule has 248 valence electrons. The number of aliphatic imine (C=N–C) groups is 2. The molecule has 0 bridgehead atoms. The van der Waals surface area contributed by atoms with Gasteiger partial charge in [-0.2, -0.15) is 0 Å². The first-order valence-corrected chi connectivity index (χ1v) is 16.4. The molecule has 0 saturated carbocycles. The summed E-state index contributed by atoms with van der Waals surface area (Å²) in [6.07, 6.45) is 3.86. The van der Waals surface area contributed by atoms with E-state index in [1.807, 2.05) is 135 Å². The van der Waals surface area contributed by atoms with Crippen molar-refractivity contribution in [1.82, 2.24) is 20.4 Å². The molecule has 2 aliphatic heterocycles. The molecular formula is C38H44N8O2. The molecule has 0 unspecified atom stereocenters. The SMILES string of the molecule is CN1CCC[C@H]1C(=O)NC(=Nc1ccccc1)Nc1ccccc1.CN1CCC[C@H]1C(=O)NC(=Nc1ccccc1)Nc1ccccc1. The van der Waals surface area contributed by atoms with Crippen molar-refractivity contribution in [3.63, 3.8) is 0 Å². The number of carbonyl (C=O) groups is 2. The van der Waals surface area contributed by atoms with Crippen LogP contribution < -0.4 is 21.3 Å². The lowest BCUT2D eigenvalue weighted by Gasteiger charge is -2.20. The highest BCUT2D eigenvalue weighted by Crippen LogP contribution is 2.17. The minimum atomic E-state index is -0.0939. The van der Waals surface area contributed by atoms with Crippen LogP contribution in [0.3, 0.4) is 0 Å². The van der Waals surface area contributed by atoms with Crippen molar-refractivity contribution in [2.24, 2.45) is 9.98 Å². The van der Waals surface area contributed by atoms with Gasteiger partial charge in [0.1, 0.15) is 0 Å². The molecule has 2 amide bonds. The summed E-state index contributed by atoms with van der Waals surface area (Å²) in [5, 5.41) is 12.3. The third kappa shape index (κ3) is 10.3. The van der Waals surface area contributed by atoms with E-state index < -0.39 is 0 Å². The van der Waals surface area contributed by atoms with Gasteiger partial charge in [-0.1, -0.05) is 72.8 Å². The largest absolute Gasteiger partial charge is 0.326 e. The van der Waals surface area contributed by atoms with E-state index >= 15 is 0 Å². The minimum Gasteiger partial charge on any atom is -0.326 e. The number of likely N-dealkylation sites (tertiary alicyclic amines) is 2. The van der Waals surface area contributed by atoms with Gasteiger partial charge in [0.05, 0.1) is 23.5 Å². The number of anilines is 2. The smallest absolute Gasteiger partial charge is 0.244 e. The first-order valence-electron chi connectivity index (χ1n) is 16.4. The Hall–Kier alpha value is -5.32. The predicted molar refractivity (Wildman–Crippen MR) is 195 cm³/mol. The van der Waals surface area contributed by atoms with Gasteiger partial charge in [-0.3, -0.25) is 30.0 Å². The fraction of sp³-hybridized carbons (Fsp3) is 0.263. The van der Waals surface area contributed by atoms with Gasteiger partial charge in [0, 0.05) is 11.4 Å². The average Bonchev–Trinajstić information content (AvgIpc) is 3.74. The van der Waals surface area contributed by atoms with Gasteiger partial charge in [0.25, 0.3) is 0 Å². The van der Waals surface area contributed by atoms with Crippen molar-refractivity contribution in [3.05, 3.63) is 121 Å². The summed E-state index contributed by atoms with van der Waals surface area (Å²) in [6.45, 7) is 1.91. The highest BCUT2D eigenvalue weighted by Gasteiger charge is 2.29. The lowest BCUT2D eigenvalue weighted by atomic mass is 10.2. The van der Waals surface area contributed by atoms with Crippen molar-refractivity contribution in [3.8, 4) is 0 Å². The van der Waals surface area contributed by atoms with Gasteiger partial charge in [-0.05, 0) is 101 Å². The summed E-state index contributed by atoms with van der Waals surface area (Å²) >= 11 is 0. The second kappa shape index (κ2) is 17.6. The summed E-state index contributed by atoms with van der Waals surface area (Å²) in [4.78, 5) is 38.4. The van der Waals surface area contributed by atoms with E-state index in [1.54, 1.807) is 0 Å². The number of para-hydroxylation sites is 4. The maximum atomic E-state index is 12.6. The van der Waals surface area contributed by atoms with Crippen molar-refractivity contribution in [1.29, 1.82) is 0 Å². The number of guanidine groups is 2. The molecule has 4 aromatic rings. The predicted octanol–water partition coefficient (Wildman–Crippen LogP) is 5.99. The zero-order valence-electron chi connectivity index (χ0n) is 27.5. The van der Waals surface area contributed by atoms with Crippen LogP contribution in [0.2, 0.25) is 0 Å². The zero-order valence-corrected chi connectivity index (χ0v) is 27.5. The van der Waals surface area contributed by atoms with Crippen LogP contribution >= 0.6 is 0 Å². The Morgan fingerprint density at radius 3 is 1.19 bits per heavy atom. The highest BCUT2D eigenvalue weighted by molar-refractivity contribution is 6.07. The van der Waals surface area contributed by atoms with Crippen LogP contribution in [0.4, 0.5) is 22.7 Å². The number of benzene rings is 4. The van der Waals surface area contributed by atoms with Gasteiger partial charge in [0.2, 0.25) is 23.7 Å². The number of likely N-dealkylation sites (N-methyl/N-ethyl adjacent to an activating group) is 2. The quantitative estimate of drug-likeness (QED) is 0.152. The number of amides is 2. The molecule has 48 heavy (non-hydrogen) atoms. The van der Waals surface area contributed by atoms with E-state index in [9.17, 15) is 9.59 Å². The number of nitrogens with one attached hydrogen (secondary N) is 4. The summed E-state index contributed by atoms with van der Waals surface area (Å²) in [5.74, 6) is 0.844. The number of rotatable bonds is 6. The molecule has 2 aliphatic rings. The van der Waals surface area contributed by atoms with Crippen LogP contribution in [0.15, 0.2) is 131 Å². The van der Waals surface area contributed by atoms with Crippen molar-refractivity contribution >= 4 is 46.5 Å². The summed E-state index contributed by atoms with van der Waals surface area (Å²) < 4.78 is 0. The molecule has 4 aromatic carbocycles. The number of nitrogens with zero attached hydrogens (tertiary/aromatic N) is 4. The van der Waals surface area contributed by atoms with Crippen LogP contribution in [0.5, 0.6) is 0 Å². The monoisotopic (exact) mass is 644 g/mol. The maximum Gasteiger partial charge on any atom is 0.244 e. The number of carbonyl (C=O) groups excluding carboxylic acids is 2. The molecule has 10 heteroatoms. The van der Waals surface area contributed by atoms with Gasteiger partial charge in [0.15, 0.2) is 0 Å². The number of hydrogen-bond acceptors (Lipinski definition) is 6. The van der Waals surface area contributed by atoms with E-state index in [4.69, 9.17) is 0 Å². The van der Waals surface area contributed by atoms with Crippen LogP contribution in [0, 0.1) is 0 Å². The maximum absolute atomic E-state index is 12.6. The van der Waals surface area contributed by atoms with E-state index in [1.165, 1.54) is 0 Å². The third-order valence-corrected chi connectivity index (χ3v) is 8.20. The molecular weight excluding hydrogens is 600 g/mol. The Labute approximate surface area is 283 Å². The molecule has 2 atom stereocenters. The third-order valence-electron chi connectivity index (χ3n) is 8.20. The molecule has 10 nitrogen and oxygen atoms in total. The molecule has 0 radical (unpaired) electrons. The molecule has 6 rings (SSSR count). The molecule has 0 aliphatic carbocycles. The molecule has 0 aromatic heterocycles. The van der Waals surface area contributed by atoms with Gasteiger partial charge in [-0.25, -0.2) is 9.98 Å². The lowest BCUT2D eigenvalue weighted by Crippen LogP contribution is -2.46. The average molecular weight is 645 g/mol. The first kappa shape index (κ1) is 34.0. The Morgan fingerprint density at radius 1 is 0.542 bits per heavy atom. The fourth-order valence-electron chi connectivity index (χ4n) is 5.64. The first-order chi connectivity index (χ1) is 23.4. The summed E-state index contributed by atoms with van der Waals surface area (Å²) in [7, 11) is 3.96. The molecule has 2 fully saturated rings. The Morgan fingerprint density at radius 2 is 0.875 bits per heavy atom. The minimum absolute atomic E-state index is 0.0203. The highest BCUT2D eigenvalue weighted by atomic mass is 16.2. The number of hydrogen-bond donors (Lipinski definition) is 4. The van der Waals surface area contributed by atoms with Crippen LogP contribution in [0.1, 0.15) is 25.7 Å². The Bertz CT molecular complexity index is 1520. The zero-order chi connectivity index (χ0) is 33.6. The van der Waals surface area contributed by atoms with E-state index in [0.717, 1.165) is 61.5 Å². The normalized spacial score (nSPS) is 18.4. The lowest BCUT2D eigenvalue weighted by molar-refractivity contribution is -0.124. The summed E-state index contributed by atoms with van der Waals surface area (Å²) in [6, 6.07) is 38.4. The van der Waals surface area contributed by atoms with Crippen molar-refractivity contribution in [2.75, 3.05) is 37.8 Å². The Balaban J connectivity index is 0.000000188. The van der Waals surface area contributed by atoms with Crippen LogP contribution in [0.25, 0.3) is 0 Å². The molecule has 4 N–H and O–H groups in total.